The summed E-state index contributed by atoms with van der Waals surface area (Å²) in [4.78, 5) is 14.9. The van der Waals surface area contributed by atoms with E-state index >= 15 is 0 Å². The van der Waals surface area contributed by atoms with Gasteiger partial charge in [-0.15, -0.1) is 0 Å². The topological polar surface area (TPSA) is 65.2 Å². The molecule has 72 valence electrons. The van der Waals surface area contributed by atoms with Gasteiger partial charge < -0.3 is 10.5 Å². The molecular formula is C10H10N2O2. The van der Waals surface area contributed by atoms with Crippen molar-refractivity contribution in [2.24, 2.45) is 5.73 Å². The minimum atomic E-state index is -0.471. The van der Waals surface area contributed by atoms with Crippen molar-refractivity contribution in [3.05, 3.63) is 29.6 Å². The van der Waals surface area contributed by atoms with Crippen LogP contribution < -0.4 is 5.73 Å². The second-order valence-electron chi connectivity index (χ2n) is 2.43. The highest BCUT2D eigenvalue weighted by Gasteiger charge is 2.05. The monoisotopic (exact) mass is 190 g/mol. The second-order valence-corrected chi connectivity index (χ2v) is 2.43. The highest BCUT2D eigenvalue weighted by atomic mass is 16.5. The highest BCUT2D eigenvalue weighted by Crippen LogP contribution is 2.01. The van der Waals surface area contributed by atoms with Crippen molar-refractivity contribution in [3.8, 4) is 11.8 Å². The first-order chi connectivity index (χ1) is 6.77. The lowest BCUT2D eigenvalue weighted by atomic mass is 10.2. The molecule has 0 aliphatic heterocycles. The van der Waals surface area contributed by atoms with E-state index in [2.05, 4.69) is 21.6 Å². The van der Waals surface area contributed by atoms with Crippen LogP contribution in [0.4, 0.5) is 0 Å². The summed E-state index contributed by atoms with van der Waals surface area (Å²) < 4.78 is 4.52. The predicted octanol–water partition coefficient (Wildman–Crippen LogP) is 0.178. The van der Waals surface area contributed by atoms with E-state index in [1.165, 1.54) is 13.3 Å². The summed E-state index contributed by atoms with van der Waals surface area (Å²) in [6.45, 7) is 0.288. The lowest BCUT2D eigenvalue weighted by Crippen LogP contribution is -2.04. The van der Waals surface area contributed by atoms with E-state index in [1.807, 2.05) is 0 Å². The summed E-state index contributed by atoms with van der Waals surface area (Å²) in [6, 6.07) is 3.27. The first kappa shape index (κ1) is 10.2. The number of pyridine rings is 1. The Hall–Kier alpha value is -1.86. The number of hydrogen-bond acceptors (Lipinski definition) is 4. The Morgan fingerprint density at radius 1 is 1.71 bits per heavy atom. The van der Waals surface area contributed by atoms with Gasteiger partial charge in [0, 0.05) is 11.8 Å². The average molecular weight is 190 g/mol. The molecule has 0 bridgehead atoms. The summed E-state index contributed by atoms with van der Waals surface area (Å²) >= 11 is 0. The van der Waals surface area contributed by atoms with Crippen LogP contribution in [0.25, 0.3) is 0 Å². The molecule has 4 nitrogen and oxygen atoms in total. The fourth-order valence-corrected chi connectivity index (χ4v) is 0.878. The number of nitrogens with two attached hydrogens (primary N) is 1. The van der Waals surface area contributed by atoms with Gasteiger partial charge in [0.2, 0.25) is 0 Å². The number of methoxy groups -OCH3 is 1. The van der Waals surface area contributed by atoms with Crippen LogP contribution in [-0.2, 0) is 4.74 Å². The van der Waals surface area contributed by atoms with Crippen molar-refractivity contribution < 1.29 is 9.53 Å². The standard InChI is InChI=1S/C10H10N2O2/c1-14-10(13)9-7-8(3-2-5-11)4-6-12-9/h4,6-7H,5,11H2,1H3. The predicted molar refractivity (Wildman–Crippen MR) is 51.5 cm³/mol. The Morgan fingerprint density at radius 3 is 3.14 bits per heavy atom. The van der Waals surface area contributed by atoms with Crippen molar-refractivity contribution >= 4 is 5.97 Å². The molecular weight excluding hydrogens is 180 g/mol. The molecule has 0 amide bonds. The molecule has 2 N–H and O–H groups in total. The quantitative estimate of drug-likeness (QED) is 0.506. The van der Waals surface area contributed by atoms with Crippen LogP contribution in [0, 0.1) is 11.8 Å². The maximum Gasteiger partial charge on any atom is 0.356 e. The third kappa shape index (κ3) is 2.57. The number of rotatable bonds is 1. The van der Waals surface area contributed by atoms with Crippen LogP contribution in [0.15, 0.2) is 18.3 Å². The first-order valence-corrected chi connectivity index (χ1v) is 4.01. The maximum absolute atomic E-state index is 11.1. The minimum absolute atomic E-state index is 0.247. The summed E-state index contributed by atoms with van der Waals surface area (Å²) in [7, 11) is 1.31. The van der Waals surface area contributed by atoms with Crippen molar-refractivity contribution in [1.29, 1.82) is 0 Å². The van der Waals surface area contributed by atoms with Gasteiger partial charge in [-0.25, -0.2) is 9.78 Å². The van der Waals surface area contributed by atoms with E-state index in [0.29, 0.717) is 5.56 Å². The molecule has 0 aliphatic carbocycles. The van der Waals surface area contributed by atoms with Gasteiger partial charge in [0.1, 0.15) is 5.69 Å². The molecule has 1 aromatic rings. The average Bonchev–Trinajstić information content (AvgIpc) is 2.25. The molecule has 14 heavy (non-hydrogen) atoms. The number of esters is 1. The number of carbonyl (C=O) groups excluding carboxylic acids is 1. The summed E-state index contributed by atoms with van der Waals surface area (Å²) in [5.74, 6) is 5.02. The molecule has 0 saturated carbocycles. The van der Waals surface area contributed by atoms with Crippen LogP contribution in [0.5, 0.6) is 0 Å². The Labute approximate surface area is 82.1 Å². The molecule has 0 spiro atoms. The molecule has 0 unspecified atom stereocenters. The molecule has 1 aromatic heterocycles. The second kappa shape index (κ2) is 5.00. The summed E-state index contributed by atoms with van der Waals surface area (Å²) in [5.41, 5.74) is 6.17. The van der Waals surface area contributed by atoms with Gasteiger partial charge in [0.05, 0.1) is 13.7 Å². The van der Waals surface area contributed by atoms with E-state index in [4.69, 9.17) is 5.73 Å². The molecule has 0 fully saturated rings. The molecule has 0 aliphatic rings. The third-order valence-corrected chi connectivity index (χ3v) is 1.49. The highest BCUT2D eigenvalue weighted by molar-refractivity contribution is 5.87. The van der Waals surface area contributed by atoms with Crippen molar-refractivity contribution in [2.45, 2.75) is 0 Å². The third-order valence-electron chi connectivity index (χ3n) is 1.49. The molecule has 0 saturated heterocycles. The number of aromatic nitrogens is 1. The normalized spacial score (nSPS) is 8.71. The van der Waals surface area contributed by atoms with E-state index in [9.17, 15) is 4.79 Å². The van der Waals surface area contributed by atoms with Crippen LogP contribution in [0.2, 0.25) is 0 Å². The lowest BCUT2D eigenvalue weighted by Gasteiger charge is -1.97. The van der Waals surface area contributed by atoms with Crippen LogP contribution >= 0.6 is 0 Å². The SMILES string of the molecule is COC(=O)c1cc(C#CCN)ccn1. The molecule has 1 heterocycles. The van der Waals surface area contributed by atoms with Gasteiger partial charge in [-0.3, -0.25) is 0 Å². The van der Waals surface area contributed by atoms with E-state index in [0.717, 1.165) is 0 Å². The van der Waals surface area contributed by atoms with E-state index in [1.54, 1.807) is 12.1 Å². The first-order valence-electron chi connectivity index (χ1n) is 4.01. The van der Waals surface area contributed by atoms with Gasteiger partial charge in [0.15, 0.2) is 0 Å². The summed E-state index contributed by atoms with van der Waals surface area (Å²) in [6.07, 6.45) is 1.51. The van der Waals surface area contributed by atoms with Crippen LogP contribution in [0.3, 0.4) is 0 Å². The maximum atomic E-state index is 11.1. The fourth-order valence-electron chi connectivity index (χ4n) is 0.878. The van der Waals surface area contributed by atoms with Gasteiger partial charge in [-0.2, -0.15) is 0 Å². The van der Waals surface area contributed by atoms with Gasteiger partial charge >= 0.3 is 5.97 Å². The molecule has 0 aromatic carbocycles. The Morgan fingerprint density at radius 2 is 2.50 bits per heavy atom. The fraction of sp³-hybridized carbons (Fsp3) is 0.200. The Kier molecular flexibility index (Phi) is 3.65. The zero-order valence-electron chi connectivity index (χ0n) is 7.78. The number of carbonyl (C=O) groups is 1. The lowest BCUT2D eigenvalue weighted by molar-refractivity contribution is 0.0594. The van der Waals surface area contributed by atoms with Crippen LogP contribution in [-0.4, -0.2) is 24.6 Å². The zero-order valence-corrected chi connectivity index (χ0v) is 7.78. The number of ether oxygens (including phenoxy) is 1. The number of hydrogen-bond donors (Lipinski definition) is 1. The summed E-state index contributed by atoms with van der Waals surface area (Å²) in [5, 5.41) is 0. The van der Waals surface area contributed by atoms with Crippen LogP contribution in [0.1, 0.15) is 16.1 Å². The van der Waals surface area contributed by atoms with Gasteiger partial charge in [-0.1, -0.05) is 11.8 Å². The largest absolute Gasteiger partial charge is 0.464 e. The van der Waals surface area contributed by atoms with Gasteiger partial charge in [0.25, 0.3) is 0 Å². The molecule has 1 rings (SSSR count). The van der Waals surface area contributed by atoms with Crippen molar-refractivity contribution in [3.63, 3.8) is 0 Å². The van der Waals surface area contributed by atoms with Crippen molar-refractivity contribution in [2.75, 3.05) is 13.7 Å². The Balaban J connectivity index is 2.95. The molecule has 4 heteroatoms. The minimum Gasteiger partial charge on any atom is -0.464 e. The van der Waals surface area contributed by atoms with E-state index in [-0.39, 0.29) is 12.2 Å². The molecule has 0 radical (unpaired) electrons. The van der Waals surface area contributed by atoms with Crippen molar-refractivity contribution in [1.82, 2.24) is 4.98 Å². The smallest absolute Gasteiger partial charge is 0.356 e. The zero-order chi connectivity index (χ0) is 10.4. The molecule has 0 atom stereocenters. The van der Waals surface area contributed by atoms with E-state index < -0.39 is 5.97 Å². The Bertz CT molecular complexity index is 391. The van der Waals surface area contributed by atoms with Gasteiger partial charge in [-0.05, 0) is 12.1 Å². The number of nitrogens with zero attached hydrogens (tertiary/aromatic N) is 1.